The average molecular weight is 462 g/mol. The molecule has 1 fully saturated rings. The molecule has 0 saturated carbocycles. The fourth-order valence-electron chi connectivity index (χ4n) is 3.77. The lowest BCUT2D eigenvalue weighted by Gasteiger charge is -2.21. The number of hydrogen-bond acceptors (Lipinski definition) is 6. The smallest absolute Gasteiger partial charge is 0.236 e. The standard InChI is InChI=1S/C24H23N5O3S/c1-16-10-19-11-20(5-6-22(19)32-16)28-24(27-15-25)26-12-17-4-2-3-8-29(23(17)31)13-21(30)18-7-9-33-14-18/h5-7,9-12,14,17H,2-4,8,13H2,1H3,(H,27,28)/b26-12+. The number of Topliss-reactive ketones (excluding diaryl/α,β-unsaturated/α-hetero) is 1. The molecular weight excluding hydrogens is 438 g/mol. The number of nitrogens with zero attached hydrogens (tertiary/aromatic N) is 4. The summed E-state index contributed by atoms with van der Waals surface area (Å²) < 4.78 is 5.58. The van der Waals surface area contributed by atoms with Crippen molar-refractivity contribution in [3.63, 3.8) is 0 Å². The number of fused-ring (bicyclic) bond motifs is 1. The molecule has 0 spiro atoms. The SMILES string of the molecule is Cc1cc2cc(N=C(/N=C/C3CCCCN(CC(=O)c4ccsc4)C3=O)NC#N)ccc2o1. The summed E-state index contributed by atoms with van der Waals surface area (Å²) in [7, 11) is 0. The van der Waals surface area contributed by atoms with Gasteiger partial charge in [0, 0.05) is 29.1 Å². The van der Waals surface area contributed by atoms with E-state index < -0.39 is 5.92 Å². The molecule has 8 nitrogen and oxygen atoms in total. The summed E-state index contributed by atoms with van der Waals surface area (Å²) in [6.07, 6.45) is 5.67. The first-order chi connectivity index (χ1) is 16.0. The first-order valence-electron chi connectivity index (χ1n) is 10.7. The number of amides is 1. The fourth-order valence-corrected chi connectivity index (χ4v) is 4.43. The van der Waals surface area contributed by atoms with E-state index in [1.54, 1.807) is 22.4 Å². The van der Waals surface area contributed by atoms with E-state index in [-0.39, 0.29) is 24.2 Å². The van der Waals surface area contributed by atoms with Crippen LogP contribution in [0.3, 0.4) is 0 Å². The van der Waals surface area contributed by atoms with Crippen LogP contribution < -0.4 is 5.32 Å². The van der Waals surface area contributed by atoms with Gasteiger partial charge in [-0.2, -0.15) is 16.6 Å². The number of thiophene rings is 1. The topological polar surface area (TPSA) is 111 Å². The van der Waals surface area contributed by atoms with Gasteiger partial charge in [0.05, 0.1) is 18.2 Å². The van der Waals surface area contributed by atoms with Crippen LogP contribution in [0.15, 0.2) is 55.5 Å². The van der Waals surface area contributed by atoms with Crippen molar-refractivity contribution in [1.29, 1.82) is 5.26 Å². The van der Waals surface area contributed by atoms with Gasteiger partial charge in [-0.3, -0.25) is 14.9 Å². The van der Waals surface area contributed by atoms with Crippen molar-refractivity contribution >= 4 is 51.9 Å². The predicted octanol–water partition coefficient (Wildman–Crippen LogP) is 4.44. The summed E-state index contributed by atoms with van der Waals surface area (Å²) >= 11 is 1.46. The molecule has 0 bridgehead atoms. The number of likely N-dealkylation sites (tertiary alicyclic amines) is 1. The van der Waals surface area contributed by atoms with Gasteiger partial charge in [0.2, 0.25) is 11.9 Å². The van der Waals surface area contributed by atoms with Crippen molar-refractivity contribution in [2.75, 3.05) is 13.1 Å². The Morgan fingerprint density at radius 1 is 1.36 bits per heavy atom. The zero-order valence-corrected chi connectivity index (χ0v) is 19.0. The second-order valence-corrected chi connectivity index (χ2v) is 8.61. The summed E-state index contributed by atoms with van der Waals surface area (Å²) in [5, 5.41) is 16.1. The van der Waals surface area contributed by atoms with Gasteiger partial charge < -0.3 is 9.32 Å². The Morgan fingerprint density at radius 3 is 3.03 bits per heavy atom. The molecule has 3 heterocycles. The van der Waals surface area contributed by atoms with Crippen molar-refractivity contribution in [1.82, 2.24) is 10.2 Å². The van der Waals surface area contributed by atoms with Crippen molar-refractivity contribution in [3.8, 4) is 6.19 Å². The molecule has 1 aliphatic heterocycles. The van der Waals surface area contributed by atoms with E-state index in [1.165, 1.54) is 17.6 Å². The maximum Gasteiger partial charge on any atom is 0.236 e. The zero-order valence-electron chi connectivity index (χ0n) is 18.2. The lowest BCUT2D eigenvalue weighted by Crippen LogP contribution is -2.39. The van der Waals surface area contributed by atoms with Crippen LogP contribution in [0.1, 0.15) is 35.4 Å². The van der Waals surface area contributed by atoms with Gasteiger partial charge in [-0.05, 0) is 55.5 Å². The third-order valence-electron chi connectivity index (χ3n) is 5.40. The van der Waals surface area contributed by atoms with Crippen LogP contribution in [0, 0.1) is 24.3 Å². The Hall–Kier alpha value is -3.77. The minimum absolute atomic E-state index is 0.0570. The number of guanidine groups is 1. The summed E-state index contributed by atoms with van der Waals surface area (Å²) in [4.78, 5) is 35.9. The fraction of sp³-hybridized carbons (Fsp3) is 0.292. The number of carbonyl (C=O) groups excluding carboxylic acids is 2. The minimum Gasteiger partial charge on any atom is -0.461 e. The third kappa shape index (κ3) is 5.54. The van der Waals surface area contributed by atoms with Gasteiger partial charge in [-0.15, -0.1) is 0 Å². The molecular formula is C24H23N5O3S. The number of carbonyl (C=O) groups is 2. The normalized spacial score (nSPS) is 17.3. The predicted molar refractivity (Wildman–Crippen MR) is 128 cm³/mol. The van der Waals surface area contributed by atoms with Gasteiger partial charge in [-0.1, -0.05) is 6.42 Å². The number of aliphatic imine (C=N–C) groups is 2. The highest BCUT2D eigenvalue weighted by atomic mass is 32.1. The number of benzene rings is 1. The van der Waals surface area contributed by atoms with E-state index in [0.29, 0.717) is 24.2 Å². The molecule has 1 saturated heterocycles. The van der Waals surface area contributed by atoms with Crippen molar-refractivity contribution in [3.05, 3.63) is 52.4 Å². The van der Waals surface area contributed by atoms with E-state index >= 15 is 0 Å². The number of ketones is 1. The summed E-state index contributed by atoms with van der Waals surface area (Å²) in [6, 6.07) is 9.10. The Labute approximate surface area is 195 Å². The van der Waals surface area contributed by atoms with Gasteiger partial charge in [-0.25, -0.2) is 9.98 Å². The number of hydrogen-bond donors (Lipinski definition) is 1. The van der Waals surface area contributed by atoms with E-state index in [9.17, 15) is 9.59 Å². The van der Waals surface area contributed by atoms with Crippen LogP contribution in [-0.4, -0.2) is 41.9 Å². The van der Waals surface area contributed by atoms with Gasteiger partial charge >= 0.3 is 0 Å². The molecule has 0 radical (unpaired) electrons. The molecule has 33 heavy (non-hydrogen) atoms. The summed E-state index contributed by atoms with van der Waals surface area (Å²) in [5.74, 6) is 0.211. The van der Waals surface area contributed by atoms with E-state index in [0.717, 1.165) is 29.6 Å². The highest BCUT2D eigenvalue weighted by Gasteiger charge is 2.27. The Bertz CT molecular complexity index is 1250. The number of nitriles is 1. The van der Waals surface area contributed by atoms with E-state index in [2.05, 4.69) is 15.3 Å². The molecule has 3 aromatic rings. The Kier molecular flexibility index (Phi) is 6.95. The molecule has 4 rings (SSSR count). The van der Waals surface area contributed by atoms with E-state index in [1.807, 2.05) is 36.7 Å². The lowest BCUT2D eigenvalue weighted by molar-refractivity contribution is -0.132. The molecule has 1 amide bonds. The van der Waals surface area contributed by atoms with E-state index in [4.69, 9.17) is 9.68 Å². The van der Waals surface area contributed by atoms with Crippen molar-refractivity contribution < 1.29 is 14.0 Å². The third-order valence-corrected chi connectivity index (χ3v) is 6.09. The largest absolute Gasteiger partial charge is 0.461 e. The zero-order chi connectivity index (χ0) is 23.2. The van der Waals surface area contributed by atoms with Gasteiger partial charge in [0.1, 0.15) is 11.3 Å². The summed E-state index contributed by atoms with van der Waals surface area (Å²) in [5.41, 5.74) is 1.99. The van der Waals surface area contributed by atoms with Crippen LogP contribution in [0.2, 0.25) is 0 Å². The molecule has 1 atom stereocenters. The molecule has 9 heteroatoms. The molecule has 1 aromatic carbocycles. The minimum atomic E-state index is -0.479. The second-order valence-electron chi connectivity index (χ2n) is 7.83. The number of furan rings is 1. The van der Waals surface area contributed by atoms with Gasteiger partial charge in [0.15, 0.2) is 12.0 Å². The first-order valence-corrected chi connectivity index (χ1v) is 11.6. The monoisotopic (exact) mass is 461 g/mol. The number of aryl methyl sites for hydroxylation is 1. The summed E-state index contributed by atoms with van der Waals surface area (Å²) in [6.45, 7) is 2.47. The average Bonchev–Trinajstić information content (AvgIpc) is 3.42. The Balaban J connectivity index is 1.50. The molecule has 1 N–H and O–H groups in total. The molecule has 2 aromatic heterocycles. The van der Waals surface area contributed by atoms with Crippen LogP contribution in [0.4, 0.5) is 5.69 Å². The molecule has 168 valence electrons. The molecule has 0 aliphatic carbocycles. The highest BCUT2D eigenvalue weighted by molar-refractivity contribution is 7.08. The number of rotatable bonds is 5. The highest BCUT2D eigenvalue weighted by Crippen LogP contribution is 2.24. The Morgan fingerprint density at radius 2 is 2.24 bits per heavy atom. The maximum absolute atomic E-state index is 13.1. The quantitative estimate of drug-likeness (QED) is 0.198. The lowest BCUT2D eigenvalue weighted by atomic mass is 10.0. The van der Waals surface area contributed by atoms with Crippen LogP contribution in [0.5, 0.6) is 0 Å². The maximum atomic E-state index is 13.1. The van der Waals surface area contributed by atoms with Crippen molar-refractivity contribution in [2.45, 2.75) is 26.2 Å². The van der Waals surface area contributed by atoms with Gasteiger partial charge in [0.25, 0.3) is 0 Å². The van der Waals surface area contributed by atoms with Crippen LogP contribution in [-0.2, 0) is 4.79 Å². The second kappa shape index (κ2) is 10.2. The number of nitrogens with one attached hydrogen (secondary N) is 1. The van der Waals surface area contributed by atoms with Crippen molar-refractivity contribution in [2.24, 2.45) is 15.9 Å². The molecule has 1 unspecified atom stereocenters. The first kappa shape index (κ1) is 22.4. The van der Waals surface area contributed by atoms with Crippen LogP contribution >= 0.6 is 11.3 Å². The molecule has 1 aliphatic rings. The van der Waals surface area contributed by atoms with Crippen LogP contribution in [0.25, 0.3) is 11.0 Å².